The Morgan fingerprint density at radius 3 is 2.48 bits per heavy atom. The van der Waals surface area contributed by atoms with E-state index in [0.29, 0.717) is 0 Å². The van der Waals surface area contributed by atoms with Crippen LogP contribution in [0.5, 0.6) is 0 Å². The Morgan fingerprint density at radius 2 is 1.86 bits per heavy atom. The zero-order chi connectivity index (χ0) is 22.2. The fourth-order valence-corrected chi connectivity index (χ4v) is 2.02. The Kier molecular flexibility index (Phi) is 2.07. The number of nitrogens with zero attached hydrogens (tertiary/aromatic N) is 1. The molecule has 0 N–H and O–H groups in total. The minimum absolute atomic E-state index is 0.103. The second kappa shape index (κ2) is 5.38. The predicted octanol–water partition coefficient (Wildman–Crippen LogP) is 2.27. The number of ether oxygens (including phenoxy) is 1. The minimum Gasteiger partial charge on any atom is -0.399 e. The summed E-state index contributed by atoms with van der Waals surface area (Å²) in [5, 5.41) is 0. The van der Waals surface area contributed by atoms with Gasteiger partial charge in [-0.1, -0.05) is 6.04 Å². The first-order chi connectivity index (χ1) is 13.0. The fourth-order valence-electron chi connectivity index (χ4n) is 2.02. The highest BCUT2D eigenvalue weighted by atomic mass is 16.7. The molecular formula is C16H24BNO3. The van der Waals surface area contributed by atoms with Crippen molar-refractivity contribution in [2.75, 3.05) is 13.2 Å². The predicted molar refractivity (Wildman–Crippen MR) is 82.7 cm³/mol. The van der Waals surface area contributed by atoms with Gasteiger partial charge in [0.25, 0.3) is 0 Å². The lowest BCUT2D eigenvalue weighted by Gasteiger charge is -2.32. The Morgan fingerprint density at radius 1 is 1.24 bits per heavy atom. The van der Waals surface area contributed by atoms with Gasteiger partial charge in [0.2, 0.25) is 0 Å². The van der Waals surface area contributed by atoms with E-state index >= 15 is 0 Å². The molecular weight excluding hydrogens is 265 g/mol. The summed E-state index contributed by atoms with van der Waals surface area (Å²) in [6.45, 7) is 6.08. The summed E-state index contributed by atoms with van der Waals surface area (Å²) < 4.78 is 83.0. The van der Waals surface area contributed by atoms with Crippen molar-refractivity contribution in [3.05, 3.63) is 24.0 Å². The molecule has 2 fully saturated rings. The standard InChI is InChI=1S/C16H24BNO3/c1-15(2)16(3,4)21-17(20-15)13-5-6-14(18-11-13)12-7-9-19-10-8-12/h5-6,11-12H,7-10H2,1-4H3/i5D,6D,7D2,8D2,11D,12D. The van der Waals surface area contributed by atoms with Crippen LogP contribution in [0.3, 0.4) is 0 Å². The Labute approximate surface area is 138 Å². The van der Waals surface area contributed by atoms with Gasteiger partial charge in [0.15, 0.2) is 0 Å². The first-order valence-electron chi connectivity index (χ1n) is 10.9. The molecule has 0 atom stereocenters. The van der Waals surface area contributed by atoms with Crippen molar-refractivity contribution in [3.63, 3.8) is 0 Å². The summed E-state index contributed by atoms with van der Waals surface area (Å²) >= 11 is 0. The highest BCUT2D eigenvalue weighted by Gasteiger charge is 2.51. The fraction of sp³-hybridized carbons (Fsp3) is 0.688. The van der Waals surface area contributed by atoms with E-state index in [0.717, 1.165) is 0 Å². The SMILES string of the molecule is [2H]c1nc(C2([2H])C([2H])([2H])COCC2([2H])[2H])c([2H])c([2H])c1B1OC(C)(C)C(C)(C)O1. The van der Waals surface area contributed by atoms with Crippen LogP contribution >= 0.6 is 0 Å². The average Bonchev–Trinajstić information content (AvgIpc) is 2.76. The van der Waals surface area contributed by atoms with Gasteiger partial charge in [0, 0.05) is 43.3 Å². The van der Waals surface area contributed by atoms with Gasteiger partial charge >= 0.3 is 7.12 Å². The Bertz CT molecular complexity index is 816. The molecule has 21 heavy (non-hydrogen) atoms. The third-order valence-electron chi connectivity index (χ3n) is 4.03. The van der Waals surface area contributed by atoms with Crippen LogP contribution in [0, 0.1) is 0 Å². The van der Waals surface area contributed by atoms with Crippen molar-refractivity contribution in [1.82, 2.24) is 4.98 Å². The van der Waals surface area contributed by atoms with Crippen LogP contribution in [0.1, 0.15) is 63.0 Å². The van der Waals surface area contributed by atoms with Crippen LogP contribution in [0.25, 0.3) is 0 Å². The Hall–Kier alpha value is -0.905. The normalized spacial score (nSPS) is 37.0. The second-order valence-corrected chi connectivity index (χ2v) is 6.05. The van der Waals surface area contributed by atoms with E-state index in [2.05, 4.69) is 4.98 Å². The lowest BCUT2D eigenvalue weighted by atomic mass is 9.80. The zero-order valence-corrected chi connectivity index (χ0v) is 12.7. The van der Waals surface area contributed by atoms with Crippen molar-refractivity contribution < 1.29 is 25.0 Å². The highest BCUT2D eigenvalue weighted by Crippen LogP contribution is 2.36. The van der Waals surface area contributed by atoms with Gasteiger partial charge in [-0.2, -0.15) is 0 Å². The van der Waals surface area contributed by atoms with Gasteiger partial charge in [-0.25, -0.2) is 0 Å². The van der Waals surface area contributed by atoms with E-state index in [1.165, 1.54) is 0 Å². The molecule has 0 radical (unpaired) electrons. The number of rotatable bonds is 2. The lowest BCUT2D eigenvalue weighted by Crippen LogP contribution is -2.41. The lowest BCUT2D eigenvalue weighted by molar-refractivity contribution is 0.00578. The molecule has 0 unspecified atom stereocenters. The van der Waals surface area contributed by atoms with E-state index < -0.39 is 74.1 Å². The minimum atomic E-state index is -2.63. The molecule has 0 spiro atoms. The summed E-state index contributed by atoms with van der Waals surface area (Å²) in [6, 6.07) is -1.13. The number of hydrogen-bond donors (Lipinski definition) is 0. The zero-order valence-electron chi connectivity index (χ0n) is 20.7. The molecule has 114 valence electrons. The van der Waals surface area contributed by atoms with Crippen molar-refractivity contribution in [2.45, 2.75) is 57.5 Å². The van der Waals surface area contributed by atoms with Crippen LogP contribution in [-0.2, 0) is 14.0 Å². The molecule has 3 rings (SSSR count). The summed E-state index contributed by atoms with van der Waals surface area (Å²) in [6.07, 6.45) is -5.56. The molecule has 0 amide bonds. The first-order valence-corrected chi connectivity index (χ1v) is 6.90. The molecule has 0 aliphatic carbocycles. The molecule has 2 aliphatic rings. The molecule has 2 saturated heterocycles. The van der Waals surface area contributed by atoms with Crippen molar-refractivity contribution >= 4 is 12.6 Å². The maximum atomic E-state index is 8.67. The maximum Gasteiger partial charge on any atom is 0.496 e. The van der Waals surface area contributed by atoms with E-state index in [1.807, 2.05) is 0 Å². The average molecular weight is 297 g/mol. The summed E-state index contributed by atoms with van der Waals surface area (Å²) in [5.41, 5.74) is -2.20. The van der Waals surface area contributed by atoms with Gasteiger partial charge in [0.1, 0.15) is 0 Å². The molecule has 0 saturated carbocycles. The third kappa shape index (κ3) is 2.87. The van der Waals surface area contributed by atoms with E-state index in [4.69, 9.17) is 25.0 Å². The van der Waals surface area contributed by atoms with Crippen molar-refractivity contribution in [3.8, 4) is 0 Å². The molecule has 0 aromatic carbocycles. The highest BCUT2D eigenvalue weighted by molar-refractivity contribution is 6.62. The van der Waals surface area contributed by atoms with E-state index in [-0.39, 0.29) is 5.46 Å². The summed E-state index contributed by atoms with van der Waals surface area (Å²) in [7, 11) is -1.13. The van der Waals surface area contributed by atoms with Crippen molar-refractivity contribution in [2.24, 2.45) is 0 Å². The molecule has 1 aromatic rings. The molecule has 3 heterocycles. The van der Waals surface area contributed by atoms with Crippen LogP contribution in [-0.4, -0.2) is 36.5 Å². The Balaban J connectivity index is 2.17. The molecule has 0 bridgehead atoms. The smallest absolute Gasteiger partial charge is 0.399 e. The first kappa shape index (κ1) is 8.09. The van der Waals surface area contributed by atoms with Gasteiger partial charge in [0.05, 0.1) is 15.3 Å². The molecule has 5 heteroatoms. The summed E-state index contributed by atoms with van der Waals surface area (Å²) in [5.74, 6) is -2.63. The molecule has 2 aliphatic heterocycles. The van der Waals surface area contributed by atoms with Crippen molar-refractivity contribution in [1.29, 1.82) is 0 Å². The quantitative estimate of drug-likeness (QED) is 0.785. The van der Waals surface area contributed by atoms with Crippen LogP contribution in [0.15, 0.2) is 18.3 Å². The van der Waals surface area contributed by atoms with Gasteiger partial charge in [-0.15, -0.1) is 0 Å². The van der Waals surface area contributed by atoms with E-state index in [1.54, 1.807) is 27.7 Å². The largest absolute Gasteiger partial charge is 0.496 e. The number of pyridine rings is 1. The second-order valence-electron chi connectivity index (χ2n) is 6.05. The van der Waals surface area contributed by atoms with Crippen LogP contribution in [0.4, 0.5) is 0 Å². The number of aromatic nitrogens is 1. The van der Waals surface area contributed by atoms with E-state index in [9.17, 15) is 0 Å². The molecule has 4 nitrogen and oxygen atoms in total. The van der Waals surface area contributed by atoms with Gasteiger partial charge in [-0.3, -0.25) is 4.98 Å². The maximum absolute atomic E-state index is 8.67. The monoisotopic (exact) mass is 297 g/mol. The number of hydrogen-bond acceptors (Lipinski definition) is 4. The topological polar surface area (TPSA) is 40.6 Å². The van der Waals surface area contributed by atoms with Gasteiger partial charge < -0.3 is 14.0 Å². The van der Waals surface area contributed by atoms with Crippen LogP contribution in [0.2, 0.25) is 0 Å². The third-order valence-corrected chi connectivity index (χ3v) is 4.03. The molecule has 1 aromatic heterocycles. The van der Waals surface area contributed by atoms with Gasteiger partial charge in [-0.05, 0) is 46.5 Å². The van der Waals surface area contributed by atoms with Crippen LogP contribution < -0.4 is 5.46 Å². The summed E-state index contributed by atoms with van der Waals surface area (Å²) in [4.78, 5) is 3.94.